The first-order valence-electron chi connectivity index (χ1n) is 3.49. The smallest absolute Gasteiger partial charge is 0.0795 e. The Morgan fingerprint density at radius 3 is 3.09 bits per heavy atom. The van der Waals surface area contributed by atoms with E-state index in [9.17, 15) is 0 Å². The molecule has 11 heavy (non-hydrogen) atoms. The number of nitrogens with zero attached hydrogens (tertiary/aromatic N) is 2. The first-order chi connectivity index (χ1) is 5.33. The molecule has 0 radical (unpaired) electrons. The maximum Gasteiger partial charge on any atom is 0.0795 e. The molecule has 0 aliphatic heterocycles. The molecule has 62 valence electrons. The highest BCUT2D eigenvalue weighted by molar-refractivity contribution is 7.80. The van der Waals surface area contributed by atoms with E-state index in [0.29, 0.717) is 0 Å². The lowest BCUT2D eigenvalue weighted by atomic mass is 10.4. The van der Waals surface area contributed by atoms with Crippen LogP contribution >= 0.6 is 24.0 Å². The van der Waals surface area contributed by atoms with Crippen LogP contribution in [0.1, 0.15) is 5.69 Å². The molecule has 0 aliphatic rings. The van der Waals surface area contributed by atoms with Gasteiger partial charge in [-0.3, -0.25) is 4.90 Å². The van der Waals surface area contributed by atoms with E-state index < -0.39 is 0 Å². The van der Waals surface area contributed by atoms with Crippen molar-refractivity contribution >= 4 is 24.0 Å². The van der Waals surface area contributed by atoms with Crippen LogP contribution < -0.4 is 0 Å². The number of hydrogen-bond acceptors (Lipinski definition) is 4. The Kier molecular flexibility index (Phi) is 3.90. The summed E-state index contributed by atoms with van der Waals surface area (Å²) in [5, 5.41) is 2.08. The van der Waals surface area contributed by atoms with Gasteiger partial charge in [0.1, 0.15) is 0 Å². The fraction of sp³-hybridized carbons (Fsp3) is 0.571. The standard InChI is InChI=1S/C7H12N2S2/c1-9(2-3-10)4-7-5-11-6-8-7/h5-6,10H,2-4H2,1H3. The lowest BCUT2D eigenvalue weighted by molar-refractivity contribution is 0.345. The number of thiazole rings is 1. The molecule has 1 heterocycles. The molecule has 0 aliphatic carbocycles. The predicted octanol–water partition coefficient (Wildman–Crippen LogP) is 1.50. The third-order valence-corrected chi connectivity index (χ3v) is 2.23. The molecule has 0 saturated heterocycles. The highest BCUT2D eigenvalue weighted by Crippen LogP contribution is 2.03. The summed E-state index contributed by atoms with van der Waals surface area (Å²) in [5.74, 6) is 0.903. The van der Waals surface area contributed by atoms with Crippen LogP contribution in [-0.2, 0) is 6.54 Å². The molecule has 1 aromatic heterocycles. The van der Waals surface area contributed by atoms with Gasteiger partial charge >= 0.3 is 0 Å². The van der Waals surface area contributed by atoms with Gasteiger partial charge in [0.2, 0.25) is 0 Å². The third-order valence-electron chi connectivity index (χ3n) is 1.40. The second-order valence-corrected chi connectivity index (χ2v) is 3.61. The Morgan fingerprint density at radius 2 is 2.55 bits per heavy atom. The lowest BCUT2D eigenvalue weighted by Crippen LogP contribution is -2.20. The summed E-state index contributed by atoms with van der Waals surface area (Å²) in [5.41, 5.74) is 3.02. The largest absolute Gasteiger partial charge is 0.300 e. The second kappa shape index (κ2) is 4.74. The first kappa shape index (κ1) is 9.03. The Labute approximate surface area is 76.7 Å². The van der Waals surface area contributed by atoms with Crippen LogP contribution in [0.4, 0.5) is 0 Å². The molecule has 0 aromatic carbocycles. The summed E-state index contributed by atoms with van der Waals surface area (Å²) in [6.07, 6.45) is 0. The Balaban J connectivity index is 2.31. The summed E-state index contributed by atoms with van der Waals surface area (Å²) in [6, 6.07) is 0. The molecule has 0 amide bonds. The average molecular weight is 188 g/mol. The Bertz CT molecular complexity index is 186. The Hall–Kier alpha value is -0.0600. The van der Waals surface area contributed by atoms with Crippen LogP contribution in [0.2, 0.25) is 0 Å². The lowest BCUT2D eigenvalue weighted by Gasteiger charge is -2.12. The van der Waals surface area contributed by atoms with Crippen LogP contribution in [-0.4, -0.2) is 29.2 Å². The second-order valence-electron chi connectivity index (χ2n) is 2.44. The van der Waals surface area contributed by atoms with Crippen LogP contribution in [0.3, 0.4) is 0 Å². The molecular weight excluding hydrogens is 176 g/mol. The molecule has 1 rings (SSSR count). The van der Waals surface area contributed by atoms with Crippen LogP contribution in [0.15, 0.2) is 10.9 Å². The van der Waals surface area contributed by atoms with E-state index in [4.69, 9.17) is 0 Å². The van der Waals surface area contributed by atoms with Crippen molar-refractivity contribution in [2.45, 2.75) is 6.54 Å². The molecule has 0 unspecified atom stereocenters. The maximum atomic E-state index is 4.19. The minimum absolute atomic E-state index is 0.903. The van der Waals surface area contributed by atoms with Gasteiger partial charge in [-0.2, -0.15) is 12.6 Å². The summed E-state index contributed by atoms with van der Waals surface area (Å²) in [4.78, 5) is 6.40. The van der Waals surface area contributed by atoms with Crippen LogP contribution in [0.25, 0.3) is 0 Å². The zero-order valence-electron chi connectivity index (χ0n) is 6.53. The van der Waals surface area contributed by atoms with Crippen molar-refractivity contribution in [2.24, 2.45) is 0 Å². The quantitative estimate of drug-likeness (QED) is 0.721. The van der Waals surface area contributed by atoms with E-state index in [2.05, 4.69) is 34.9 Å². The SMILES string of the molecule is CN(CCS)Cc1cscn1. The molecule has 1 aromatic rings. The molecule has 0 spiro atoms. The molecule has 0 N–H and O–H groups in total. The van der Waals surface area contributed by atoms with Gasteiger partial charge in [0, 0.05) is 24.2 Å². The Morgan fingerprint density at radius 1 is 1.73 bits per heavy atom. The molecule has 2 nitrogen and oxygen atoms in total. The number of hydrogen-bond donors (Lipinski definition) is 1. The van der Waals surface area contributed by atoms with Gasteiger partial charge < -0.3 is 0 Å². The number of rotatable bonds is 4. The number of thiol groups is 1. The highest BCUT2D eigenvalue weighted by Gasteiger charge is 1.99. The van der Waals surface area contributed by atoms with Gasteiger partial charge in [-0.15, -0.1) is 11.3 Å². The molecule has 0 fully saturated rings. The van der Waals surface area contributed by atoms with Crippen molar-refractivity contribution in [1.29, 1.82) is 0 Å². The topological polar surface area (TPSA) is 16.1 Å². The zero-order valence-corrected chi connectivity index (χ0v) is 8.24. The van der Waals surface area contributed by atoms with Crippen molar-refractivity contribution in [3.63, 3.8) is 0 Å². The van der Waals surface area contributed by atoms with E-state index >= 15 is 0 Å². The number of aromatic nitrogens is 1. The van der Waals surface area contributed by atoms with Crippen molar-refractivity contribution in [3.8, 4) is 0 Å². The van der Waals surface area contributed by atoms with Gasteiger partial charge in [0.25, 0.3) is 0 Å². The predicted molar refractivity (Wildman–Crippen MR) is 52.3 cm³/mol. The average Bonchev–Trinajstić information content (AvgIpc) is 2.40. The summed E-state index contributed by atoms with van der Waals surface area (Å²) in [6.45, 7) is 1.95. The van der Waals surface area contributed by atoms with Crippen molar-refractivity contribution < 1.29 is 0 Å². The van der Waals surface area contributed by atoms with E-state index in [1.807, 2.05) is 5.51 Å². The van der Waals surface area contributed by atoms with Gasteiger partial charge in [-0.1, -0.05) is 0 Å². The van der Waals surface area contributed by atoms with E-state index in [1.54, 1.807) is 11.3 Å². The maximum absolute atomic E-state index is 4.19. The summed E-state index contributed by atoms with van der Waals surface area (Å²) < 4.78 is 0. The fourth-order valence-corrected chi connectivity index (χ4v) is 1.73. The van der Waals surface area contributed by atoms with Crippen LogP contribution in [0.5, 0.6) is 0 Å². The van der Waals surface area contributed by atoms with Crippen molar-refractivity contribution in [3.05, 3.63) is 16.6 Å². The third kappa shape index (κ3) is 3.22. The van der Waals surface area contributed by atoms with Gasteiger partial charge in [-0.05, 0) is 7.05 Å². The molecule has 0 atom stereocenters. The molecule has 4 heteroatoms. The van der Waals surface area contributed by atoms with E-state index in [-0.39, 0.29) is 0 Å². The van der Waals surface area contributed by atoms with Crippen LogP contribution in [0, 0.1) is 0 Å². The molecule has 0 bridgehead atoms. The first-order valence-corrected chi connectivity index (χ1v) is 5.07. The summed E-state index contributed by atoms with van der Waals surface area (Å²) in [7, 11) is 2.08. The molecular formula is C7H12N2S2. The minimum atomic E-state index is 0.903. The van der Waals surface area contributed by atoms with Gasteiger partial charge in [-0.25, -0.2) is 4.98 Å². The highest BCUT2D eigenvalue weighted by atomic mass is 32.1. The fourth-order valence-electron chi connectivity index (χ4n) is 0.842. The van der Waals surface area contributed by atoms with Gasteiger partial charge in [0.15, 0.2) is 0 Å². The zero-order chi connectivity index (χ0) is 8.10. The normalized spacial score (nSPS) is 10.8. The van der Waals surface area contributed by atoms with E-state index in [0.717, 1.165) is 24.5 Å². The van der Waals surface area contributed by atoms with Crippen molar-refractivity contribution in [1.82, 2.24) is 9.88 Å². The van der Waals surface area contributed by atoms with Crippen molar-refractivity contribution in [2.75, 3.05) is 19.3 Å². The molecule has 0 saturated carbocycles. The summed E-state index contributed by atoms with van der Waals surface area (Å²) >= 11 is 5.79. The van der Waals surface area contributed by atoms with E-state index in [1.165, 1.54) is 0 Å². The van der Waals surface area contributed by atoms with Gasteiger partial charge in [0.05, 0.1) is 11.2 Å². The minimum Gasteiger partial charge on any atom is -0.300 e. The monoisotopic (exact) mass is 188 g/mol.